The lowest BCUT2D eigenvalue weighted by Gasteiger charge is -2.28. The number of amides is 4. The number of imide groups is 1. The van der Waals surface area contributed by atoms with Gasteiger partial charge in [-0.1, -0.05) is 13.0 Å². The van der Waals surface area contributed by atoms with Crippen molar-refractivity contribution >= 4 is 17.8 Å². The molecule has 6 nitrogen and oxygen atoms in total. The quantitative estimate of drug-likeness (QED) is 0.731. The Hall–Kier alpha value is -2.58. The molecule has 4 amide bonds. The molecule has 2 heterocycles. The van der Waals surface area contributed by atoms with Crippen molar-refractivity contribution in [1.82, 2.24) is 15.5 Å². The molecule has 1 unspecified atom stereocenters. The number of hydrogen-bond donors (Lipinski definition) is 2. The van der Waals surface area contributed by atoms with Gasteiger partial charge in [-0.2, -0.15) is 13.2 Å². The van der Waals surface area contributed by atoms with E-state index in [2.05, 4.69) is 10.6 Å². The van der Waals surface area contributed by atoms with Crippen LogP contribution in [0.5, 0.6) is 0 Å². The van der Waals surface area contributed by atoms with Crippen molar-refractivity contribution in [1.29, 1.82) is 0 Å². The Kier molecular flexibility index (Phi) is 5.02. The van der Waals surface area contributed by atoms with Crippen LogP contribution < -0.4 is 10.6 Å². The van der Waals surface area contributed by atoms with E-state index in [4.69, 9.17) is 0 Å². The minimum atomic E-state index is -4.40. The number of fused-ring (bicyclic) bond motifs is 1. The van der Waals surface area contributed by atoms with Gasteiger partial charge in [0.25, 0.3) is 5.91 Å². The van der Waals surface area contributed by atoms with E-state index in [1.807, 2.05) is 6.92 Å². The first-order valence-electron chi connectivity index (χ1n) is 10.2. The molecule has 2 aliphatic heterocycles. The molecular formula is C21H24F3N3O3. The monoisotopic (exact) mass is 423 g/mol. The third-order valence-corrected chi connectivity index (χ3v) is 6.48. The molecule has 9 heteroatoms. The summed E-state index contributed by atoms with van der Waals surface area (Å²) in [4.78, 5) is 38.5. The molecule has 0 radical (unpaired) electrons. The lowest BCUT2D eigenvalue weighted by molar-refractivity contribution is -0.137. The molecule has 1 aromatic rings. The first kappa shape index (κ1) is 20.7. The second-order valence-corrected chi connectivity index (χ2v) is 8.56. The van der Waals surface area contributed by atoms with E-state index >= 15 is 0 Å². The molecule has 0 spiro atoms. The number of nitrogens with zero attached hydrogens (tertiary/aromatic N) is 1. The summed E-state index contributed by atoms with van der Waals surface area (Å²) in [7, 11) is 0. The summed E-state index contributed by atoms with van der Waals surface area (Å²) in [5, 5.41) is 4.99. The summed E-state index contributed by atoms with van der Waals surface area (Å²) in [6.45, 7) is 2.56. The van der Waals surface area contributed by atoms with Gasteiger partial charge in [-0.25, -0.2) is 4.79 Å². The van der Waals surface area contributed by atoms with Crippen molar-refractivity contribution < 1.29 is 27.6 Å². The molecule has 3 aliphatic rings. The van der Waals surface area contributed by atoms with Crippen molar-refractivity contribution in [2.75, 3.05) is 13.1 Å². The number of carbonyl (C=O) groups excluding carboxylic acids is 3. The summed E-state index contributed by atoms with van der Waals surface area (Å²) in [6, 6.07) is 3.25. The maximum atomic E-state index is 13.1. The predicted octanol–water partition coefficient (Wildman–Crippen LogP) is 2.96. The molecule has 1 aliphatic carbocycles. The third kappa shape index (κ3) is 3.77. The van der Waals surface area contributed by atoms with Gasteiger partial charge in [-0.3, -0.25) is 14.9 Å². The van der Waals surface area contributed by atoms with Gasteiger partial charge in [0.05, 0.1) is 5.56 Å². The van der Waals surface area contributed by atoms with Crippen LogP contribution in [0.15, 0.2) is 18.2 Å². The highest BCUT2D eigenvalue weighted by molar-refractivity contribution is 6.07. The molecule has 1 saturated heterocycles. The highest BCUT2D eigenvalue weighted by Gasteiger charge is 2.55. The van der Waals surface area contributed by atoms with Gasteiger partial charge in [0.15, 0.2) is 0 Å². The Labute approximate surface area is 172 Å². The minimum Gasteiger partial charge on any atom is -0.342 e. The summed E-state index contributed by atoms with van der Waals surface area (Å²) in [5.41, 5.74) is -0.253. The summed E-state index contributed by atoms with van der Waals surface area (Å²) < 4.78 is 39.2. The summed E-state index contributed by atoms with van der Waals surface area (Å²) in [5.74, 6) is -0.718. The van der Waals surface area contributed by atoms with Crippen LogP contribution in [-0.4, -0.2) is 41.4 Å². The smallest absolute Gasteiger partial charge is 0.342 e. The highest BCUT2D eigenvalue weighted by Crippen LogP contribution is 2.44. The zero-order valence-electron chi connectivity index (χ0n) is 16.6. The van der Waals surface area contributed by atoms with Crippen LogP contribution in [0, 0.1) is 5.92 Å². The number of carbonyl (C=O) groups is 3. The molecule has 4 rings (SSSR count). The van der Waals surface area contributed by atoms with Crippen LogP contribution in [0.4, 0.5) is 18.0 Å². The fourth-order valence-electron chi connectivity index (χ4n) is 4.67. The van der Waals surface area contributed by atoms with Gasteiger partial charge in [0.2, 0.25) is 5.91 Å². The average molecular weight is 423 g/mol. The van der Waals surface area contributed by atoms with Crippen molar-refractivity contribution in [3.8, 4) is 0 Å². The van der Waals surface area contributed by atoms with Gasteiger partial charge in [-0.15, -0.1) is 0 Å². The number of urea groups is 1. The summed E-state index contributed by atoms with van der Waals surface area (Å²) >= 11 is 0. The number of hydrogen-bond acceptors (Lipinski definition) is 3. The standard InChI is InChI=1S/C21H24F3N3O3/c1-12-11-27(9-7-13-2-3-15(10-16(12)13)21(22,23)24)17(28)6-8-20(14-4-5-14)18(29)25-19(30)26-20/h2-3,10,12,14H,4-9,11H2,1H3,(H2,25,26,29,30)/t12?,20-/m0/s1. The molecule has 1 saturated carbocycles. The van der Waals surface area contributed by atoms with Crippen molar-refractivity contribution in [3.05, 3.63) is 34.9 Å². The zero-order valence-corrected chi connectivity index (χ0v) is 16.6. The lowest BCUT2D eigenvalue weighted by Crippen LogP contribution is -2.50. The Balaban J connectivity index is 1.44. The van der Waals surface area contributed by atoms with Crippen molar-refractivity contribution in [2.45, 2.75) is 56.7 Å². The molecule has 162 valence electrons. The van der Waals surface area contributed by atoms with E-state index in [0.29, 0.717) is 25.1 Å². The van der Waals surface area contributed by atoms with Crippen LogP contribution >= 0.6 is 0 Å². The minimum absolute atomic E-state index is 0.0462. The zero-order chi connectivity index (χ0) is 21.7. The maximum absolute atomic E-state index is 13.1. The number of rotatable bonds is 4. The fraction of sp³-hybridized carbons (Fsp3) is 0.571. The Bertz CT molecular complexity index is 897. The van der Waals surface area contributed by atoms with E-state index in [0.717, 1.165) is 24.5 Å². The number of alkyl halides is 3. The van der Waals surface area contributed by atoms with Crippen LogP contribution in [0.1, 0.15) is 55.2 Å². The molecule has 30 heavy (non-hydrogen) atoms. The number of halogens is 3. The second-order valence-electron chi connectivity index (χ2n) is 8.56. The van der Waals surface area contributed by atoms with Crippen molar-refractivity contribution in [2.24, 2.45) is 5.92 Å². The molecular weight excluding hydrogens is 399 g/mol. The van der Waals surface area contributed by atoms with Gasteiger partial charge in [0, 0.05) is 19.5 Å². The van der Waals surface area contributed by atoms with Crippen molar-refractivity contribution in [3.63, 3.8) is 0 Å². The lowest BCUT2D eigenvalue weighted by atomic mass is 9.87. The first-order valence-corrected chi connectivity index (χ1v) is 10.2. The average Bonchev–Trinajstić information content (AvgIpc) is 3.49. The van der Waals surface area contributed by atoms with E-state index < -0.39 is 23.3 Å². The SMILES string of the molecule is CC1CN(C(=O)CC[C@@]2(C3CC3)NC(=O)NC2=O)CCc2ccc(C(F)(F)F)cc21. The van der Waals surface area contributed by atoms with Crippen LogP contribution in [0.2, 0.25) is 0 Å². The van der Waals surface area contributed by atoms with Crippen LogP contribution in [-0.2, 0) is 22.2 Å². The topological polar surface area (TPSA) is 78.5 Å². The largest absolute Gasteiger partial charge is 0.416 e. The van der Waals surface area contributed by atoms with E-state index in [1.54, 1.807) is 4.90 Å². The molecule has 2 N–H and O–H groups in total. The van der Waals surface area contributed by atoms with Gasteiger partial charge in [-0.05, 0) is 60.8 Å². The number of benzene rings is 1. The molecule has 2 fully saturated rings. The molecule has 0 bridgehead atoms. The highest BCUT2D eigenvalue weighted by atomic mass is 19.4. The predicted molar refractivity (Wildman–Crippen MR) is 102 cm³/mol. The van der Waals surface area contributed by atoms with Crippen LogP contribution in [0.25, 0.3) is 0 Å². The molecule has 1 aromatic carbocycles. The maximum Gasteiger partial charge on any atom is 0.416 e. The second kappa shape index (κ2) is 7.28. The molecule has 2 atom stereocenters. The fourth-order valence-corrected chi connectivity index (χ4v) is 4.67. The Morgan fingerprint density at radius 3 is 2.60 bits per heavy atom. The Morgan fingerprint density at radius 2 is 2.00 bits per heavy atom. The van der Waals surface area contributed by atoms with Gasteiger partial charge < -0.3 is 10.2 Å². The van der Waals surface area contributed by atoms with Gasteiger partial charge in [0.1, 0.15) is 5.54 Å². The van der Waals surface area contributed by atoms with E-state index in [9.17, 15) is 27.6 Å². The Morgan fingerprint density at radius 1 is 1.27 bits per heavy atom. The normalized spacial score (nSPS) is 26.7. The third-order valence-electron chi connectivity index (χ3n) is 6.48. The summed E-state index contributed by atoms with van der Waals surface area (Å²) in [6.07, 6.45) is -1.93. The number of nitrogens with one attached hydrogen (secondary N) is 2. The first-order chi connectivity index (χ1) is 14.1. The van der Waals surface area contributed by atoms with E-state index in [1.165, 1.54) is 12.1 Å². The van der Waals surface area contributed by atoms with Gasteiger partial charge >= 0.3 is 12.2 Å². The van der Waals surface area contributed by atoms with E-state index in [-0.39, 0.29) is 36.5 Å². The molecule has 0 aromatic heterocycles. The van der Waals surface area contributed by atoms with Crippen LogP contribution in [0.3, 0.4) is 0 Å².